The summed E-state index contributed by atoms with van der Waals surface area (Å²) < 4.78 is 0.959. The molecule has 0 spiro atoms. The molecule has 2 rings (SSSR count). The highest BCUT2D eigenvalue weighted by atomic mass is 79.9. The van der Waals surface area contributed by atoms with Gasteiger partial charge >= 0.3 is 0 Å². The zero-order valence-electron chi connectivity index (χ0n) is 15.6. The minimum atomic E-state index is -0.168. The van der Waals surface area contributed by atoms with E-state index in [1.807, 2.05) is 50.2 Å². The van der Waals surface area contributed by atoms with Gasteiger partial charge in [0.1, 0.15) is 0 Å². The Morgan fingerprint density at radius 3 is 2.52 bits per heavy atom. The Hall–Kier alpha value is -1.89. The highest BCUT2D eigenvalue weighted by Crippen LogP contribution is 2.20. The molecule has 0 fully saturated rings. The van der Waals surface area contributed by atoms with Gasteiger partial charge in [0.25, 0.3) is 0 Å². The third kappa shape index (κ3) is 6.97. The number of benzene rings is 2. The summed E-state index contributed by atoms with van der Waals surface area (Å²) in [6.45, 7) is 4.06. The molecule has 0 saturated heterocycles. The molecule has 5 nitrogen and oxygen atoms in total. The normalized spacial score (nSPS) is 11.9. The van der Waals surface area contributed by atoms with E-state index < -0.39 is 0 Å². The molecule has 0 unspecified atom stereocenters. The molecule has 2 amide bonds. The summed E-state index contributed by atoms with van der Waals surface area (Å²) in [5, 5.41) is 6.41. The predicted octanol–water partition coefficient (Wildman–Crippen LogP) is 4.16. The lowest BCUT2D eigenvalue weighted by molar-refractivity contribution is -0.123. The fourth-order valence-corrected chi connectivity index (χ4v) is 3.32. The topological polar surface area (TPSA) is 61.4 Å². The first kappa shape index (κ1) is 21.4. The molecule has 2 aromatic rings. The third-order valence-electron chi connectivity index (χ3n) is 4.02. The molecule has 0 aromatic heterocycles. The number of carbonyl (C=O) groups excluding carboxylic acids is 2. The van der Waals surface area contributed by atoms with Crippen molar-refractivity contribution in [2.45, 2.75) is 19.9 Å². The maximum atomic E-state index is 12.2. The van der Waals surface area contributed by atoms with Crippen LogP contribution in [0.2, 0.25) is 5.02 Å². The van der Waals surface area contributed by atoms with E-state index in [2.05, 4.69) is 26.6 Å². The van der Waals surface area contributed by atoms with Crippen molar-refractivity contribution in [3.63, 3.8) is 0 Å². The lowest BCUT2D eigenvalue weighted by Gasteiger charge is -2.19. The van der Waals surface area contributed by atoms with Crippen molar-refractivity contribution in [1.29, 1.82) is 0 Å². The standard InChI is InChI=1S/C20H23BrClN3O2/c1-13-9-16(21)7-8-18(13)24-20(27)12-25(3)11-19(26)23-14(2)15-5-4-6-17(22)10-15/h4-10,14H,11-12H2,1-3H3,(H,23,26)(H,24,27)/t14-/m0/s1. The summed E-state index contributed by atoms with van der Waals surface area (Å²) in [7, 11) is 1.73. The Morgan fingerprint density at radius 2 is 1.85 bits per heavy atom. The Labute approximate surface area is 173 Å². The van der Waals surface area contributed by atoms with Crippen molar-refractivity contribution in [3.8, 4) is 0 Å². The molecule has 27 heavy (non-hydrogen) atoms. The first-order chi connectivity index (χ1) is 12.7. The molecule has 0 heterocycles. The average molecular weight is 453 g/mol. The molecule has 0 saturated carbocycles. The number of nitrogens with zero attached hydrogens (tertiary/aromatic N) is 1. The zero-order chi connectivity index (χ0) is 20.0. The summed E-state index contributed by atoms with van der Waals surface area (Å²) in [6, 6.07) is 12.9. The van der Waals surface area contributed by atoms with E-state index in [0.717, 1.165) is 21.3 Å². The van der Waals surface area contributed by atoms with Gasteiger partial charge < -0.3 is 10.6 Å². The van der Waals surface area contributed by atoms with Crippen LogP contribution < -0.4 is 10.6 Å². The van der Waals surface area contributed by atoms with E-state index >= 15 is 0 Å². The molecule has 7 heteroatoms. The van der Waals surface area contributed by atoms with Crippen LogP contribution in [0.4, 0.5) is 5.69 Å². The quantitative estimate of drug-likeness (QED) is 0.663. The van der Waals surface area contributed by atoms with E-state index in [9.17, 15) is 9.59 Å². The molecule has 0 aliphatic rings. The maximum absolute atomic E-state index is 12.2. The number of carbonyl (C=O) groups is 2. The van der Waals surface area contributed by atoms with Crippen LogP contribution in [0.1, 0.15) is 24.1 Å². The fourth-order valence-electron chi connectivity index (χ4n) is 2.65. The largest absolute Gasteiger partial charge is 0.348 e. The van der Waals surface area contributed by atoms with Gasteiger partial charge in [-0.3, -0.25) is 14.5 Å². The number of aryl methyl sites for hydroxylation is 1. The minimum absolute atomic E-state index is 0.120. The number of amides is 2. The molecule has 0 radical (unpaired) electrons. The Balaban J connectivity index is 1.82. The number of likely N-dealkylation sites (N-methyl/N-ethyl adjacent to an activating group) is 1. The lowest BCUT2D eigenvalue weighted by atomic mass is 10.1. The van der Waals surface area contributed by atoms with E-state index in [1.54, 1.807) is 18.0 Å². The summed E-state index contributed by atoms with van der Waals surface area (Å²) in [6.07, 6.45) is 0. The van der Waals surface area contributed by atoms with Crippen LogP contribution in [0, 0.1) is 6.92 Å². The van der Waals surface area contributed by atoms with Crippen molar-refractivity contribution >= 4 is 45.0 Å². The number of anilines is 1. The molecular weight excluding hydrogens is 430 g/mol. The number of halogens is 2. The molecule has 0 aliphatic carbocycles. The van der Waals surface area contributed by atoms with Gasteiger partial charge in [-0.15, -0.1) is 0 Å². The van der Waals surface area contributed by atoms with Crippen LogP contribution >= 0.6 is 27.5 Å². The Kier molecular flexibility index (Phi) is 7.83. The number of hydrogen-bond donors (Lipinski definition) is 2. The smallest absolute Gasteiger partial charge is 0.238 e. The van der Waals surface area contributed by atoms with E-state index in [0.29, 0.717) is 5.02 Å². The van der Waals surface area contributed by atoms with Crippen LogP contribution in [0.15, 0.2) is 46.9 Å². The number of rotatable bonds is 7. The van der Waals surface area contributed by atoms with Crippen molar-refractivity contribution in [2.75, 3.05) is 25.5 Å². The highest BCUT2D eigenvalue weighted by molar-refractivity contribution is 9.10. The first-order valence-electron chi connectivity index (χ1n) is 8.54. The Morgan fingerprint density at radius 1 is 1.15 bits per heavy atom. The number of hydrogen-bond acceptors (Lipinski definition) is 3. The SMILES string of the molecule is Cc1cc(Br)ccc1NC(=O)CN(C)CC(=O)N[C@@H](C)c1cccc(Cl)c1. The lowest BCUT2D eigenvalue weighted by Crippen LogP contribution is -2.39. The summed E-state index contributed by atoms with van der Waals surface area (Å²) in [4.78, 5) is 26.1. The van der Waals surface area contributed by atoms with Crippen LogP contribution in [0.5, 0.6) is 0 Å². The fraction of sp³-hybridized carbons (Fsp3) is 0.300. The molecule has 144 valence electrons. The van der Waals surface area contributed by atoms with E-state index in [-0.39, 0.29) is 30.9 Å². The molecule has 2 aromatic carbocycles. The zero-order valence-corrected chi connectivity index (χ0v) is 17.9. The van der Waals surface area contributed by atoms with Crippen molar-refractivity contribution in [1.82, 2.24) is 10.2 Å². The van der Waals surface area contributed by atoms with Gasteiger partial charge in [0.05, 0.1) is 19.1 Å². The number of nitrogens with one attached hydrogen (secondary N) is 2. The van der Waals surface area contributed by atoms with E-state index in [4.69, 9.17) is 11.6 Å². The summed E-state index contributed by atoms with van der Waals surface area (Å²) >= 11 is 9.38. The van der Waals surface area contributed by atoms with Gasteiger partial charge in [-0.1, -0.05) is 39.7 Å². The van der Waals surface area contributed by atoms with Gasteiger partial charge in [0, 0.05) is 15.2 Å². The highest BCUT2D eigenvalue weighted by Gasteiger charge is 2.14. The van der Waals surface area contributed by atoms with Crippen molar-refractivity contribution in [3.05, 3.63) is 63.1 Å². The molecular formula is C20H23BrClN3O2. The van der Waals surface area contributed by atoms with Gasteiger partial charge in [-0.05, 0) is 62.4 Å². The van der Waals surface area contributed by atoms with Gasteiger partial charge in [-0.2, -0.15) is 0 Å². The van der Waals surface area contributed by atoms with Crippen LogP contribution in [0.3, 0.4) is 0 Å². The van der Waals surface area contributed by atoms with Crippen molar-refractivity contribution < 1.29 is 9.59 Å². The van der Waals surface area contributed by atoms with Crippen LogP contribution in [-0.4, -0.2) is 36.9 Å². The van der Waals surface area contributed by atoms with Crippen LogP contribution in [-0.2, 0) is 9.59 Å². The molecule has 2 N–H and O–H groups in total. The second-order valence-electron chi connectivity index (χ2n) is 6.52. The second-order valence-corrected chi connectivity index (χ2v) is 7.88. The molecule has 1 atom stereocenters. The molecule has 0 bridgehead atoms. The Bertz CT molecular complexity index is 829. The van der Waals surface area contributed by atoms with Gasteiger partial charge in [-0.25, -0.2) is 0 Å². The van der Waals surface area contributed by atoms with Crippen molar-refractivity contribution in [2.24, 2.45) is 0 Å². The van der Waals surface area contributed by atoms with Gasteiger partial charge in [0.15, 0.2) is 0 Å². The summed E-state index contributed by atoms with van der Waals surface area (Å²) in [5.41, 5.74) is 2.66. The average Bonchev–Trinajstić information content (AvgIpc) is 2.57. The maximum Gasteiger partial charge on any atom is 0.238 e. The predicted molar refractivity (Wildman–Crippen MR) is 113 cm³/mol. The van der Waals surface area contributed by atoms with Gasteiger partial charge in [0.2, 0.25) is 11.8 Å². The third-order valence-corrected chi connectivity index (χ3v) is 4.74. The monoisotopic (exact) mass is 451 g/mol. The second kappa shape index (κ2) is 9.88. The van der Waals surface area contributed by atoms with Crippen LogP contribution in [0.25, 0.3) is 0 Å². The summed E-state index contributed by atoms with van der Waals surface area (Å²) in [5.74, 6) is -0.323. The minimum Gasteiger partial charge on any atom is -0.348 e. The van der Waals surface area contributed by atoms with E-state index in [1.165, 1.54) is 0 Å². The molecule has 0 aliphatic heterocycles. The first-order valence-corrected chi connectivity index (χ1v) is 9.71.